The van der Waals surface area contributed by atoms with Crippen molar-refractivity contribution < 1.29 is 0 Å². The van der Waals surface area contributed by atoms with Gasteiger partial charge < -0.3 is 10.3 Å². The number of aromatic nitrogens is 4. The second-order valence-corrected chi connectivity index (χ2v) is 6.57. The van der Waals surface area contributed by atoms with E-state index in [1.54, 1.807) is 17.5 Å². The van der Waals surface area contributed by atoms with Crippen LogP contribution in [0.4, 0.5) is 5.69 Å². The summed E-state index contributed by atoms with van der Waals surface area (Å²) in [6, 6.07) is -0.102. The van der Waals surface area contributed by atoms with E-state index in [0.29, 0.717) is 11.2 Å². The molecule has 0 bridgehead atoms. The minimum atomic E-state index is -0.102. The summed E-state index contributed by atoms with van der Waals surface area (Å²) >= 11 is 1.56. The maximum atomic E-state index is 12.3. The summed E-state index contributed by atoms with van der Waals surface area (Å²) in [5.74, 6) is 0.642. The van der Waals surface area contributed by atoms with Crippen LogP contribution in [0.1, 0.15) is 36.2 Å². The Bertz CT molecular complexity index is 876. The number of aryl methyl sites for hydroxylation is 3. The topological polar surface area (TPSA) is 75.6 Å². The molecule has 6 nitrogen and oxygen atoms in total. The van der Waals surface area contributed by atoms with Gasteiger partial charge in [-0.3, -0.25) is 9.48 Å². The van der Waals surface area contributed by atoms with Gasteiger partial charge in [-0.2, -0.15) is 5.10 Å². The number of rotatable bonds is 4. The summed E-state index contributed by atoms with van der Waals surface area (Å²) in [7, 11) is 0. The van der Waals surface area contributed by atoms with Crippen LogP contribution < -0.4 is 10.9 Å². The fraction of sp³-hybridized carbons (Fsp3) is 0.400. The molecule has 0 amide bonds. The predicted octanol–water partition coefficient (Wildman–Crippen LogP) is 2.99. The summed E-state index contributed by atoms with van der Waals surface area (Å²) in [4.78, 5) is 21.7. The molecule has 0 aliphatic carbocycles. The second kappa shape index (κ2) is 5.57. The summed E-state index contributed by atoms with van der Waals surface area (Å²) in [5, 5.41) is 8.25. The van der Waals surface area contributed by atoms with Crippen molar-refractivity contribution in [3.05, 3.63) is 39.0 Å². The van der Waals surface area contributed by atoms with Crippen LogP contribution in [0.5, 0.6) is 0 Å². The Kier molecular flexibility index (Phi) is 3.74. The maximum Gasteiger partial charge on any atom is 0.259 e. The van der Waals surface area contributed by atoms with Crippen molar-refractivity contribution in [1.82, 2.24) is 19.7 Å². The molecule has 0 aliphatic rings. The van der Waals surface area contributed by atoms with E-state index in [2.05, 4.69) is 20.4 Å². The lowest BCUT2D eigenvalue weighted by Crippen LogP contribution is -2.17. The monoisotopic (exact) mass is 317 g/mol. The quantitative estimate of drug-likeness (QED) is 0.775. The molecule has 0 aliphatic heterocycles. The fourth-order valence-electron chi connectivity index (χ4n) is 2.41. The molecule has 3 aromatic heterocycles. The highest BCUT2D eigenvalue weighted by Crippen LogP contribution is 2.26. The third-order valence-corrected chi connectivity index (χ3v) is 4.91. The van der Waals surface area contributed by atoms with Gasteiger partial charge in [0.1, 0.15) is 10.7 Å². The molecule has 1 atom stereocenters. The molecule has 3 rings (SSSR count). The highest BCUT2D eigenvalue weighted by molar-refractivity contribution is 7.18. The number of nitrogens with zero attached hydrogens (tertiary/aromatic N) is 3. The smallest absolute Gasteiger partial charge is 0.259 e. The molecule has 0 saturated carbocycles. The van der Waals surface area contributed by atoms with Crippen LogP contribution in [0.15, 0.2) is 17.2 Å². The standard InChI is InChI=1S/C15H19N5OS/c1-5-20-7-11(6-16-20)17-9(3)13-18-14(21)12-8(2)10(4)22-15(12)19-13/h6-7,9,17H,5H2,1-4H3,(H,18,19,21). The van der Waals surface area contributed by atoms with Gasteiger partial charge in [0, 0.05) is 17.6 Å². The Labute approximate surface area is 132 Å². The van der Waals surface area contributed by atoms with Crippen molar-refractivity contribution in [3.63, 3.8) is 0 Å². The molecule has 1 unspecified atom stereocenters. The lowest BCUT2D eigenvalue weighted by atomic mass is 10.2. The van der Waals surface area contributed by atoms with Gasteiger partial charge in [-0.1, -0.05) is 0 Å². The molecule has 0 aromatic carbocycles. The first-order valence-electron chi connectivity index (χ1n) is 7.28. The lowest BCUT2D eigenvalue weighted by Gasteiger charge is -2.12. The molecule has 116 valence electrons. The number of aromatic amines is 1. The number of nitrogens with one attached hydrogen (secondary N) is 2. The Morgan fingerprint density at radius 1 is 1.45 bits per heavy atom. The minimum Gasteiger partial charge on any atom is -0.373 e. The molecule has 2 N–H and O–H groups in total. The van der Waals surface area contributed by atoms with E-state index in [1.807, 2.05) is 38.6 Å². The van der Waals surface area contributed by atoms with Gasteiger partial charge in [0.15, 0.2) is 0 Å². The summed E-state index contributed by atoms with van der Waals surface area (Å²) < 4.78 is 1.85. The lowest BCUT2D eigenvalue weighted by molar-refractivity contribution is 0.660. The average molecular weight is 317 g/mol. The van der Waals surface area contributed by atoms with E-state index in [0.717, 1.165) is 27.5 Å². The van der Waals surface area contributed by atoms with Crippen LogP contribution in [0.3, 0.4) is 0 Å². The van der Waals surface area contributed by atoms with Crippen molar-refractivity contribution in [2.45, 2.75) is 40.3 Å². The normalized spacial score (nSPS) is 12.7. The van der Waals surface area contributed by atoms with Crippen LogP contribution in [0, 0.1) is 13.8 Å². The molecule has 0 spiro atoms. The second-order valence-electron chi connectivity index (χ2n) is 5.37. The third kappa shape index (κ3) is 2.52. The molecule has 0 radical (unpaired) electrons. The van der Waals surface area contributed by atoms with E-state index in [9.17, 15) is 4.79 Å². The Morgan fingerprint density at radius 3 is 2.91 bits per heavy atom. The van der Waals surface area contributed by atoms with Crippen LogP contribution in [0.25, 0.3) is 10.2 Å². The van der Waals surface area contributed by atoms with E-state index < -0.39 is 0 Å². The first-order valence-corrected chi connectivity index (χ1v) is 8.10. The zero-order valence-corrected chi connectivity index (χ0v) is 13.9. The summed E-state index contributed by atoms with van der Waals surface area (Å²) in [5.41, 5.74) is 1.86. The van der Waals surface area contributed by atoms with Gasteiger partial charge in [0.2, 0.25) is 0 Å². The van der Waals surface area contributed by atoms with Gasteiger partial charge in [0.05, 0.1) is 23.3 Å². The first-order chi connectivity index (χ1) is 10.5. The molecular formula is C15H19N5OS. The van der Waals surface area contributed by atoms with Crippen molar-refractivity contribution in [2.24, 2.45) is 0 Å². The Balaban J connectivity index is 1.93. The number of anilines is 1. The summed E-state index contributed by atoms with van der Waals surface area (Å²) in [6.45, 7) is 8.81. The van der Waals surface area contributed by atoms with Gasteiger partial charge >= 0.3 is 0 Å². The first kappa shape index (κ1) is 14.8. The fourth-order valence-corrected chi connectivity index (χ4v) is 3.44. The van der Waals surface area contributed by atoms with E-state index in [-0.39, 0.29) is 11.6 Å². The molecule has 3 aromatic rings. The number of H-pyrrole nitrogens is 1. The molecule has 22 heavy (non-hydrogen) atoms. The van der Waals surface area contributed by atoms with Gasteiger partial charge in [-0.15, -0.1) is 11.3 Å². The molecular weight excluding hydrogens is 298 g/mol. The van der Waals surface area contributed by atoms with E-state index in [4.69, 9.17) is 0 Å². The zero-order valence-electron chi connectivity index (χ0n) is 13.1. The number of fused-ring (bicyclic) bond motifs is 1. The van der Waals surface area contributed by atoms with Crippen LogP contribution in [0.2, 0.25) is 0 Å². The number of thiophene rings is 1. The molecule has 0 fully saturated rings. The van der Waals surface area contributed by atoms with Crippen molar-refractivity contribution in [3.8, 4) is 0 Å². The third-order valence-electron chi connectivity index (χ3n) is 3.81. The van der Waals surface area contributed by atoms with Gasteiger partial charge in [-0.05, 0) is 33.3 Å². The highest BCUT2D eigenvalue weighted by Gasteiger charge is 2.15. The molecule has 0 saturated heterocycles. The Morgan fingerprint density at radius 2 is 2.23 bits per heavy atom. The molecule has 3 heterocycles. The maximum absolute atomic E-state index is 12.3. The van der Waals surface area contributed by atoms with Crippen LogP contribution in [-0.2, 0) is 6.54 Å². The highest BCUT2D eigenvalue weighted by atomic mass is 32.1. The van der Waals surface area contributed by atoms with Crippen molar-refractivity contribution >= 4 is 27.2 Å². The SMILES string of the molecule is CCn1cc(NC(C)c2nc3sc(C)c(C)c3c(=O)[nH]2)cn1. The van der Waals surface area contributed by atoms with Gasteiger partial charge in [0.25, 0.3) is 5.56 Å². The van der Waals surface area contributed by atoms with E-state index >= 15 is 0 Å². The van der Waals surface area contributed by atoms with Crippen LogP contribution in [-0.4, -0.2) is 19.7 Å². The largest absolute Gasteiger partial charge is 0.373 e. The van der Waals surface area contributed by atoms with Gasteiger partial charge in [-0.25, -0.2) is 4.98 Å². The van der Waals surface area contributed by atoms with Crippen LogP contribution >= 0.6 is 11.3 Å². The van der Waals surface area contributed by atoms with Crippen molar-refractivity contribution in [1.29, 1.82) is 0 Å². The number of hydrogen-bond donors (Lipinski definition) is 2. The van der Waals surface area contributed by atoms with Crippen molar-refractivity contribution in [2.75, 3.05) is 5.32 Å². The summed E-state index contributed by atoms with van der Waals surface area (Å²) in [6.07, 6.45) is 3.71. The average Bonchev–Trinajstić information content (AvgIpc) is 3.04. The zero-order chi connectivity index (χ0) is 15.9. The predicted molar refractivity (Wildman–Crippen MR) is 89.7 cm³/mol. The van der Waals surface area contributed by atoms with E-state index in [1.165, 1.54) is 0 Å². The Hall–Kier alpha value is -2.15. The minimum absolute atomic E-state index is 0.0697. The molecule has 7 heteroatoms. The number of hydrogen-bond acceptors (Lipinski definition) is 5.